The Hall–Kier alpha value is -1.74. The van der Waals surface area contributed by atoms with Crippen molar-refractivity contribution in [2.45, 2.75) is 4.21 Å². The van der Waals surface area contributed by atoms with Gasteiger partial charge in [0.2, 0.25) is 6.20 Å². The van der Waals surface area contributed by atoms with Gasteiger partial charge in [-0.25, -0.2) is 8.42 Å². The molecule has 7 nitrogen and oxygen atoms in total. The molecular formula is C9H9NO6S2. The zero-order chi connectivity index (χ0) is 13.8. The first-order chi connectivity index (χ1) is 8.36. The first-order valence-electron chi connectivity index (χ1n) is 4.55. The van der Waals surface area contributed by atoms with E-state index in [0.717, 1.165) is 24.5 Å². The van der Waals surface area contributed by atoms with E-state index < -0.39 is 26.5 Å². The number of thiophene rings is 1. The SMILES string of the molecule is COC(=O)CS(=O)(=O)c1sccc1/C=C/[N+](=O)[O-]. The summed E-state index contributed by atoms with van der Waals surface area (Å²) in [5.41, 5.74) is 0.181. The van der Waals surface area contributed by atoms with Gasteiger partial charge in [-0.2, -0.15) is 0 Å². The number of methoxy groups -OCH3 is 1. The average molecular weight is 291 g/mol. The molecule has 0 aliphatic heterocycles. The lowest BCUT2D eigenvalue weighted by atomic mass is 10.3. The third-order valence-electron chi connectivity index (χ3n) is 1.85. The molecular weight excluding hydrogens is 282 g/mol. The number of ether oxygens (including phenoxy) is 1. The van der Waals surface area contributed by atoms with E-state index in [2.05, 4.69) is 4.74 Å². The van der Waals surface area contributed by atoms with Gasteiger partial charge in [0.25, 0.3) is 0 Å². The van der Waals surface area contributed by atoms with Crippen molar-refractivity contribution >= 4 is 33.2 Å². The molecule has 0 aliphatic rings. The largest absolute Gasteiger partial charge is 0.468 e. The highest BCUT2D eigenvalue weighted by molar-refractivity contribution is 7.94. The van der Waals surface area contributed by atoms with Crippen molar-refractivity contribution in [3.05, 3.63) is 33.3 Å². The molecule has 0 saturated carbocycles. The van der Waals surface area contributed by atoms with Crippen molar-refractivity contribution in [2.75, 3.05) is 12.9 Å². The predicted molar refractivity (Wildman–Crippen MR) is 64.4 cm³/mol. The average Bonchev–Trinajstić information content (AvgIpc) is 2.74. The highest BCUT2D eigenvalue weighted by Gasteiger charge is 2.23. The molecule has 0 aliphatic carbocycles. The summed E-state index contributed by atoms with van der Waals surface area (Å²) in [6, 6.07) is 1.43. The molecule has 1 heterocycles. The fraction of sp³-hybridized carbons (Fsp3) is 0.222. The third kappa shape index (κ3) is 3.64. The summed E-state index contributed by atoms with van der Waals surface area (Å²) in [4.78, 5) is 20.5. The van der Waals surface area contributed by atoms with Gasteiger partial charge in [-0.1, -0.05) is 0 Å². The summed E-state index contributed by atoms with van der Waals surface area (Å²) in [6.45, 7) is 0. The summed E-state index contributed by atoms with van der Waals surface area (Å²) >= 11 is 0.891. The van der Waals surface area contributed by atoms with E-state index in [4.69, 9.17) is 0 Å². The van der Waals surface area contributed by atoms with Crippen LogP contribution in [0.4, 0.5) is 0 Å². The number of nitrogens with zero attached hydrogens (tertiary/aromatic N) is 1. The Balaban J connectivity index is 3.07. The third-order valence-corrected chi connectivity index (χ3v) is 5.04. The fourth-order valence-electron chi connectivity index (χ4n) is 1.10. The Labute approximate surface area is 107 Å². The molecule has 0 spiro atoms. The highest BCUT2D eigenvalue weighted by atomic mass is 32.2. The molecule has 0 bridgehead atoms. The summed E-state index contributed by atoms with van der Waals surface area (Å²) in [6.07, 6.45) is 1.71. The quantitative estimate of drug-likeness (QED) is 0.454. The lowest BCUT2D eigenvalue weighted by Gasteiger charge is -2.01. The van der Waals surface area contributed by atoms with Crippen LogP contribution in [0.1, 0.15) is 5.56 Å². The molecule has 0 atom stereocenters. The van der Waals surface area contributed by atoms with E-state index in [1.54, 1.807) is 0 Å². The lowest BCUT2D eigenvalue weighted by molar-refractivity contribution is -0.400. The molecule has 0 aromatic carbocycles. The van der Waals surface area contributed by atoms with Gasteiger partial charge < -0.3 is 4.74 Å². The Morgan fingerprint density at radius 3 is 2.83 bits per heavy atom. The zero-order valence-corrected chi connectivity index (χ0v) is 10.9. The minimum absolute atomic E-state index is 0.0917. The van der Waals surface area contributed by atoms with E-state index >= 15 is 0 Å². The number of rotatable bonds is 5. The van der Waals surface area contributed by atoms with E-state index in [9.17, 15) is 23.3 Å². The number of esters is 1. The van der Waals surface area contributed by atoms with Gasteiger partial charge in [-0.3, -0.25) is 14.9 Å². The molecule has 0 unspecified atom stereocenters. The molecule has 0 fully saturated rings. The normalized spacial score (nSPS) is 11.6. The summed E-state index contributed by atoms with van der Waals surface area (Å²) in [5, 5.41) is 11.7. The van der Waals surface area contributed by atoms with Crippen LogP contribution in [0.5, 0.6) is 0 Å². The maximum absolute atomic E-state index is 11.8. The number of sulfone groups is 1. The second-order valence-corrected chi connectivity index (χ2v) is 6.20. The highest BCUT2D eigenvalue weighted by Crippen LogP contribution is 2.25. The van der Waals surface area contributed by atoms with Crippen LogP contribution < -0.4 is 0 Å². The predicted octanol–water partition coefficient (Wildman–Crippen LogP) is 0.942. The molecule has 1 aromatic rings. The van der Waals surface area contributed by atoms with Gasteiger partial charge in [0.05, 0.1) is 12.0 Å². The molecule has 9 heteroatoms. The second-order valence-electron chi connectivity index (χ2n) is 3.10. The molecule has 0 amide bonds. The fourth-order valence-corrected chi connectivity index (χ4v) is 3.70. The van der Waals surface area contributed by atoms with Crippen molar-refractivity contribution in [1.29, 1.82) is 0 Å². The van der Waals surface area contributed by atoms with Crippen LogP contribution in [0, 0.1) is 10.1 Å². The van der Waals surface area contributed by atoms with Crippen molar-refractivity contribution < 1.29 is 22.9 Å². The van der Waals surface area contributed by atoms with Crippen molar-refractivity contribution in [3.63, 3.8) is 0 Å². The van der Waals surface area contributed by atoms with Gasteiger partial charge in [0, 0.05) is 11.6 Å². The molecule has 98 valence electrons. The van der Waals surface area contributed by atoms with Crippen LogP contribution in [0.25, 0.3) is 6.08 Å². The number of carbonyl (C=O) groups excluding carboxylic acids is 1. The first-order valence-corrected chi connectivity index (χ1v) is 7.09. The maximum Gasteiger partial charge on any atom is 0.321 e. The van der Waals surface area contributed by atoms with Crippen molar-refractivity contribution in [1.82, 2.24) is 0 Å². The van der Waals surface area contributed by atoms with Crippen molar-refractivity contribution in [3.8, 4) is 0 Å². The van der Waals surface area contributed by atoms with E-state index in [-0.39, 0.29) is 9.77 Å². The van der Waals surface area contributed by atoms with Crippen LogP contribution in [-0.4, -0.2) is 32.2 Å². The Kier molecular flexibility index (Phi) is 4.56. The summed E-state index contributed by atoms with van der Waals surface area (Å²) in [5.74, 6) is -1.67. The molecule has 1 aromatic heterocycles. The van der Waals surface area contributed by atoms with Crippen LogP contribution in [-0.2, 0) is 19.4 Å². The number of hydrogen-bond donors (Lipinski definition) is 0. The molecule has 1 rings (SSSR count). The molecule has 0 N–H and O–H groups in total. The van der Waals surface area contributed by atoms with E-state index in [1.807, 2.05) is 0 Å². The van der Waals surface area contributed by atoms with Crippen LogP contribution >= 0.6 is 11.3 Å². The van der Waals surface area contributed by atoms with E-state index in [1.165, 1.54) is 11.4 Å². The number of carbonyl (C=O) groups is 1. The maximum atomic E-state index is 11.8. The second kappa shape index (κ2) is 5.74. The summed E-state index contributed by atoms with van der Waals surface area (Å²) in [7, 11) is -2.75. The number of nitro groups is 1. The van der Waals surface area contributed by atoms with Crippen LogP contribution in [0.2, 0.25) is 0 Å². The van der Waals surface area contributed by atoms with Gasteiger partial charge in [-0.05, 0) is 11.4 Å². The van der Waals surface area contributed by atoms with Gasteiger partial charge >= 0.3 is 5.97 Å². The minimum Gasteiger partial charge on any atom is -0.468 e. The smallest absolute Gasteiger partial charge is 0.321 e. The first kappa shape index (κ1) is 14.3. The lowest BCUT2D eigenvalue weighted by Crippen LogP contribution is -2.17. The Bertz CT molecular complexity index is 586. The zero-order valence-electron chi connectivity index (χ0n) is 9.23. The van der Waals surface area contributed by atoms with Gasteiger partial charge in [-0.15, -0.1) is 11.3 Å². The molecule has 0 saturated heterocycles. The summed E-state index contributed by atoms with van der Waals surface area (Å²) < 4.78 is 27.9. The van der Waals surface area contributed by atoms with Crippen molar-refractivity contribution in [2.24, 2.45) is 0 Å². The Morgan fingerprint density at radius 1 is 1.61 bits per heavy atom. The van der Waals surface area contributed by atoms with Crippen LogP contribution in [0.3, 0.4) is 0 Å². The Morgan fingerprint density at radius 2 is 2.28 bits per heavy atom. The van der Waals surface area contributed by atoms with Gasteiger partial charge in [0.1, 0.15) is 4.21 Å². The number of hydrogen-bond acceptors (Lipinski definition) is 7. The van der Waals surface area contributed by atoms with Gasteiger partial charge in [0.15, 0.2) is 15.6 Å². The minimum atomic E-state index is -3.84. The molecule has 18 heavy (non-hydrogen) atoms. The topological polar surface area (TPSA) is 104 Å². The van der Waals surface area contributed by atoms with Crippen LogP contribution in [0.15, 0.2) is 21.9 Å². The monoisotopic (exact) mass is 291 g/mol. The van der Waals surface area contributed by atoms with E-state index in [0.29, 0.717) is 6.20 Å². The molecule has 0 radical (unpaired) electrons. The standard InChI is InChI=1S/C9H9NO6S2/c1-16-8(11)6-18(14,15)9-7(3-5-17-9)2-4-10(12)13/h2-5H,6H2,1H3/b4-2+.